The molecule has 0 aromatic heterocycles. The molecule has 3 heteroatoms. The third kappa shape index (κ3) is 4.10. The molecule has 0 aliphatic carbocycles. The highest BCUT2D eigenvalue weighted by molar-refractivity contribution is 5.74. The standard InChI is InChI=1S/C14H22N2O/c1-9(2)15-14(17)16-12(5)13-7-6-10(3)8-11(13)4/h6-9,12H,1-5H3,(H2,15,16,17). The van der Waals surface area contributed by atoms with Crippen molar-refractivity contribution in [3.63, 3.8) is 0 Å². The average molecular weight is 234 g/mol. The van der Waals surface area contributed by atoms with Gasteiger partial charge in [0.2, 0.25) is 0 Å². The van der Waals surface area contributed by atoms with Crippen molar-refractivity contribution in [1.29, 1.82) is 0 Å². The van der Waals surface area contributed by atoms with Crippen molar-refractivity contribution in [3.05, 3.63) is 34.9 Å². The Morgan fingerprint density at radius 3 is 2.29 bits per heavy atom. The number of amides is 2. The minimum atomic E-state index is -0.118. The summed E-state index contributed by atoms with van der Waals surface area (Å²) in [7, 11) is 0. The van der Waals surface area contributed by atoms with Crippen LogP contribution < -0.4 is 10.6 Å². The van der Waals surface area contributed by atoms with Gasteiger partial charge in [-0.05, 0) is 45.7 Å². The van der Waals surface area contributed by atoms with Gasteiger partial charge in [-0.3, -0.25) is 0 Å². The van der Waals surface area contributed by atoms with Crippen molar-refractivity contribution < 1.29 is 4.79 Å². The number of hydrogen-bond acceptors (Lipinski definition) is 1. The molecular weight excluding hydrogens is 212 g/mol. The number of aryl methyl sites for hydroxylation is 2. The molecule has 17 heavy (non-hydrogen) atoms. The van der Waals surface area contributed by atoms with E-state index in [0.29, 0.717) is 0 Å². The maximum absolute atomic E-state index is 11.6. The molecule has 1 rings (SSSR count). The Bertz CT molecular complexity index is 399. The molecule has 0 aliphatic heterocycles. The van der Waals surface area contributed by atoms with Gasteiger partial charge in [-0.25, -0.2) is 4.79 Å². The zero-order chi connectivity index (χ0) is 13.0. The van der Waals surface area contributed by atoms with Crippen LogP contribution in [0, 0.1) is 13.8 Å². The van der Waals surface area contributed by atoms with E-state index in [-0.39, 0.29) is 18.1 Å². The van der Waals surface area contributed by atoms with Crippen LogP contribution in [-0.2, 0) is 0 Å². The van der Waals surface area contributed by atoms with Crippen molar-refractivity contribution in [2.24, 2.45) is 0 Å². The topological polar surface area (TPSA) is 41.1 Å². The first-order valence-corrected chi connectivity index (χ1v) is 6.04. The largest absolute Gasteiger partial charge is 0.336 e. The second-order valence-electron chi connectivity index (χ2n) is 4.85. The Morgan fingerprint density at radius 2 is 1.76 bits per heavy atom. The van der Waals surface area contributed by atoms with Crippen molar-refractivity contribution in [1.82, 2.24) is 10.6 Å². The van der Waals surface area contributed by atoms with Gasteiger partial charge in [0, 0.05) is 6.04 Å². The molecule has 0 spiro atoms. The second-order valence-corrected chi connectivity index (χ2v) is 4.85. The minimum Gasteiger partial charge on any atom is -0.336 e. The zero-order valence-electron chi connectivity index (χ0n) is 11.3. The van der Waals surface area contributed by atoms with Crippen LogP contribution in [0.1, 0.15) is 43.5 Å². The molecule has 3 nitrogen and oxygen atoms in total. The molecule has 2 amide bonds. The van der Waals surface area contributed by atoms with Crippen LogP contribution in [0.5, 0.6) is 0 Å². The van der Waals surface area contributed by atoms with E-state index in [0.717, 1.165) is 5.56 Å². The molecule has 0 aliphatic rings. The number of nitrogens with one attached hydrogen (secondary N) is 2. The first-order chi connectivity index (χ1) is 7.90. The Hall–Kier alpha value is -1.51. The molecule has 0 saturated carbocycles. The lowest BCUT2D eigenvalue weighted by Crippen LogP contribution is -2.40. The van der Waals surface area contributed by atoms with Gasteiger partial charge in [-0.2, -0.15) is 0 Å². The zero-order valence-corrected chi connectivity index (χ0v) is 11.3. The van der Waals surface area contributed by atoms with E-state index in [4.69, 9.17) is 0 Å². The van der Waals surface area contributed by atoms with E-state index in [1.165, 1.54) is 11.1 Å². The third-order valence-electron chi connectivity index (χ3n) is 2.66. The Kier molecular flexibility index (Phi) is 4.55. The monoisotopic (exact) mass is 234 g/mol. The molecule has 1 aromatic rings. The van der Waals surface area contributed by atoms with Gasteiger partial charge in [0.25, 0.3) is 0 Å². The van der Waals surface area contributed by atoms with Gasteiger partial charge in [-0.1, -0.05) is 23.8 Å². The van der Waals surface area contributed by atoms with Gasteiger partial charge >= 0.3 is 6.03 Å². The highest BCUT2D eigenvalue weighted by Gasteiger charge is 2.11. The predicted octanol–water partition coefficient (Wildman–Crippen LogP) is 3.07. The fourth-order valence-corrected chi connectivity index (χ4v) is 1.89. The fraction of sp³-hybridized carbons (Fsp3) is 0.500. The highest BCUT2D eigenvalue weighted by Crippen LogP contribution is 2.18. The summed E-state index contributed by atoms with van der Waals surface area (Å²) in [4.78, 5) is 11.6. The van der Waals surface area contributed by atoms with Crippen molar-refractivity contribution >= 4 is 6.03 Å². The first kappa shape index (κ1) is 13.6. The van der Waals surface area contributed by atoms with Gasteiger partial charge in [0.15, 0.2) is 0 Å². The number of benzene rings is 1. The van der Waals surface area contributed by atoms with Crippen LogP contribution in [0.2, 0.25) is 0 Å². The number of hydrogen-bond donors (Lipinski definition) is 2. The van der Waals surface area contributed by atoms with Crippen LogP contribution in [0.4, 0.5) is 4.79 Å². The molecule has 0 radical (unpaired) electrons. The first-order valence-electron chi connectivity index (χ1n) is 6.04. The summed E-state index contributed by atoms with van der Waals surface area (Å²) >= 11 is 0. The van der Waals surface area contributed by atoms with Crippen LogP contribution in [0.25, 0.3) is 0 Å². The number of carbonyl (C=O) groups excluding carboxylic acids is 1. The molecule has 2 N–H and O–H groups in total. The van der Waals surface area contributed by atoms with Crippen LogP contribution >= 0.6 is 0 Å². The summed E-state index contributed by atoms with van der Waals surface area (Å²) < 4.78 is 0. The highest BCUT2D eigenvalue weighted by atomic mass is 16.2. The average Bonchev–Trinajstić information content (AvgIpc) is 2.15. The smallest absolute Gasteiger partial charge is 0.315 e. The molecule has 0 saturated heterocycles. The molecule has 0 fully saturated rings. The lowest BCUT2D eigenvalue weighted by Gasteiger charge is -2.18. The number of rotatable bonds is 3. The van der Waals surface area contributed by atoms with Crippen LogP contribution in [0.3, 0.4) is 0 Å². The van der Waals surface area contributed by atoms with Crippen molar-refractivity contribution in [2.45, 2.75) is 46.7 Å². The second kappa shape index (κ2) is 5.71. The van der Waals surface area contributed by atoms with Crippen LogP contribution in [-0.4, -0.2) is 12.1 Å². The normalized spacial score (nSPS) is 12.4. The SMILES string of the molecule is Cc1ccc(C(C)NC(=O)NC(C)C)c(C)c1. The number of carbonyl (C=O) groups is 1. The molecule has 0 bridgehead atoms. The van der Waals surface area contributed by atoms with Gasteiger partial charge in [0.05, 0.1) is 6.04 Å². The molecule has 1 atom stereocenters. The Balaban J connectivity index is 2.69. The van der Waals surface area contributed by atoms with E-state index in [9.17, 15) is 4.79 Å². The van der Waals surface area contributed by atoms with Crippen molar-refractivity contribution in [2.75, 3.05) is 0 Å². The van der Waals surface area contributed by atoms with E-state index in [1.54, 1.807) is 0 Å². The number of urea groups is 1. The molecule has 0 heterocycles. The van der Waals surface area contributed by atoms with Gasteiger partial charge in [-0.15, -0.1) is 0 Å². The Morgan fingerprint density at radius 1 is 1.12 bits per heavy atom. The van der Waals surface area contributed by atoms with E-state index < -0.39 is 0 Å². The third-order valence-corrected chi connectivity index (χ3v) is 2.66. The predicted molar refractivity (Wildman–Crippen MR) is 71.1 cm³/mol. The summed E-state index contributed by atoms with van der Waals surface area (Å²) in [6, 6.07) is 6.34. The lowest BCUT2D eigenvalue weighted by atomic mass is 10.0. The molecule has 1 aromatic carbocycles. The van der Waals surface area contributed by atoms with Gasteiger partial charge < -0.3 is 10.6 Å². The van der Waals surface area contributed by atoms with Crippen molar-refractivity contribution in [3.8, 4) is 0 Å². The van der Waals surface area contributed by atoms with Crippen LogP contribution in [0.15, 0.2) is 18.2 Å². The molecule has 94 valence electrons. The van der Waals surface area contributed by atoms with E-state index >= 15 is 0 Å². The summed E-state index contributed by atoms with van der Waals surface area (Å²) in [5.41, 5.74) is 3.61. The summed E-state index contributed by atoms with van der Waals surface area (Å²) in [6.45, 7) is 10.0. The van der Waals surface area contributed by atoms with E-state index in [1.807, 2.05) is 20.8 Å². The van der Waals surface area contributed by atoms with E-state index in [2.05, 4.69) is 42.7 Å². The van der Waals surface area contributed by atoms with Gasteiger partial charge in [0.1, 0.15) is 0 Å². The summed E-state index contributed by atoms with van der Waals surface area (Å²) in [5, 5.41) is 5.76. The fourth-order valence-electron chi connectivity index (χ4n) is 1.89. The Labute approximate surface area is 104 Å². The molecular formula is C14H22N2O. The summed E-state index contributed by atoms with van der Waals surface area (Å²) in [6.07, 6.45) is 0. The maximum atomic E-state index is 11.6. The lowest BCUT2D eigenvalue weighted by molar-refractivity contribution is 0.235. The maximum Gasteiger partial charge on any atom is 0.315 e. The minimum absolute atomic E-state index is 0.0225. The summed E-state index contributed by atoms with van der Waals surface area (Å²) in [5.74, 6) is 0. The quantitative estimate of drug-likeness (QED) is 0.829. The molecule has 1 unspecified atom stereocenters.